The van der Waals surface area contributed by atoms with E-state index in [1.165, 1.54) is 0 Å². The zero-order chi connectivity index (χ0) is 10.0. The standard InChI is InChI=1S/C6H4FNO4S/c7-4-2-1-3-5(13(11)12)6(4)8(9)10/h1-3H,(H,11,12). The number of nitro groups is 1. The van der Waals surface area contributed by atoms with Crippen molar-refractivity contribution in [3.05, 3.63) is 34.1 Å². The van der Waals surface area contributed by atoms with Gasteiger partial charge in [0, 0.05) is 0 Å². The van der Waals surface area contributed by atoms with Crippen molar-refractivity contribution >= 4 is 16.8 Å². The lowest BCUT2D eigenvalue weighted by Crippen LogP contribution is -1.99. The summed E-state index contributed by atoms with van der Waals surface area (Å²) in [6, 6.07) is 3.01. The van der Waals surface area contributed by atoms with Crippen LogP contribution in [0.3, 0.4) is 0 Å². The van der Waals surface area contributed by atoms with Gasteiger partial charge in [-0.1, -0.05) is 6.07 Å². The van der Waals surface area contributed by atoms with Gasteiger partial charge in [-0.2, -0.15) is 4.39 Å². The van der Waals surface area contributed by atoms with Crippen LogP contribution in [0.25, 0.3) is 0 Å². The quantitative estimate of drug-likeness (QED) is 0.448. The van der Waals surface area contributed by atoms with E-state index in [0.29, 0.717) is 0 Å². The number of benzene rings is 1. The average Bonchev–Trinajstić information content (AvgIpc) is 2.02. The molecule has 1 aromatic rings. The van der Waals surface area contributed by atoms with E-state index in [9.17, 15) is 18.7 Å². The second kappa shape index (κ2) is 3.58. The molecule has 0 saturated heterocycles. The summed E-state index contributed by atoms with van der Waals surface area (Å²) < 4.78 is 31.9. The molecule has 0 heterocycles. The Labute approximate surface area is 74.6 Å². The first kappa shape index (κ1) is 9.75. The predicted octanol–water partition coefficient (Wildman–Crippen LogP) is 1.31. The van der Waals surface area contributed by atoms with E-state index < -0.39 is 32.4 Å². The maximum absolute atomic E-state index is 12.8. The summed E-state index contributed by atoms with van der Waals surface area (Å²) in [4.78, 5) is 8.70. The van der Waals surface area contributed by atoms with Gasteiger partial charge in [-0.15, -0.1) is 0 Å². The van der Waals surface area contributed by atoms with Gasteiger partial charge in [-0.05, 0) is 12.1 Å². The predicted molar refractivity (Wildman–Crippen MR) is 42.1 cm³/mol. The lowest BCUT2D eigenvalue weighted by Gasteiger charge is -1.97. The molecule has 0 aliphatic carbocycles. The van der Waals surface area contributed by atoms with Gasteiger partial charge in [0.15, 0.2) is 11.1 Å². The van der Waals surface area contributed by atoms with Crippen molar-refractivity contribution in [3.63, 3.8) is 0 Å². The van der Waals surface area contributed by atoms with E-state index in [1.54, 1.807) is 0 Å². The topological polar surface area (TPSA) is 80.4 Å². The van der Waals surface area contributed by atoms with E-state index in [-0.39, 0.29) is 0 Å². The highest BCUT2D eigenvalue weighted by molar-refractivity contribution is 7.79. The van der Waals surface area contributed by atoms with E-state index in [1.807, 2.05) is 0 Å². The van der Waals surface area contributed by atoms with Gasteiger partial charge >= 0.3 is 5.69 Å². The van der Waals surface area contributed by atoms with Gasteiger partial charge in [-0.25, -0.2) is 4.21 Å². The first-order valence-electron chi connectivity index (χ1n) is 3.08. The molecule has 7 heteroatoms. The zero-order valence-corrected chi connectivity index (χ0v) is 6.95. The molecule has 13 heavy (non-hydrogen) atoms. The van der Waals surface area contributed by atoms with Crippen LogP contribution >= 0.6 is 0 Å². The van der Waals surface area contributed by atoms with Crippen molar-refractivity contribution in [3.8, 4) is 0 Å². The Morgan fingerprint density at radius 3 is 2.54 bits per heavy atom. The number of rotatable bonds is 2. The van der Waals surface area contributed by atoms with Crippen molar-refractivity contribution in [2.24, 2.45) is 0 Å². The Morgan fingerprint density at radius 1 is 1.54 bits per heavy atom. The Morgan fingerprint density at radius 2 is 2.15 bits per heavy atom. The minimum atomic E-state index is -2.55. The monoisotopic (exact) mass is 205 g/mol. The van der Waals surface area contributed by atoms with Gasteiger partial charge in [0.2, 0.25) is 5.82 Å². The number of nitrogens with zero attached hydrogens (tertiary/aromatic N) is 1. The molecule has 0 bridgehead atoms. The molecule has 1 unspecified atom stereocenters. The fourth-order valence-electron chi connectivity index (χ4n) is 0.814. The van der Waals surface area contributed by atoms with Crippen LogP contribution in [-0.4, -0.2) is 13.7 Å². The van der Waals surface area contributed by atoms with Crippen molar-refractivity contribution in [1.29, 1.82) is 0 Å². The molecule has 1 rings (SSSR count). The highest BCUT2D eigenvalue weighted by atomic mass is 32.2. The summed E-state index contributed by atoms with van der Waals surface area (Å²) in [6.45, 7) is 0. The summed E-state index contributed by atoms with van der Waals surface area (Å²) in [5, 5.41) is 10.3. The van der Waals surface area contributed by atoms with Crippen LogP contribution in [0.1, 0.15) is 0 Å². The zero-order valence-electron chi connectivity index (χ0n) is 6.14. The molecule has 1 atom stereocenters. The SMILES string of the molecule is O=[N+]([O-])c1c(F)cccc1S(=O)O. The number of nitro benzene ring substituents is 1. The van der Waals surface area contributed by atoms with E-state index in [4.69, 9.17) is 4.55 Å². The number of hydrogen-bond acceptors (Lipinski definition) is 3. The van der Waals surface area contributed by atoms with E-state index >= 15 is 0 Å². The van der Waals surface area contributed by atoms with Crippen LogP contribution in [0.5, 0.6) is 0 Å². The molecule has 1 aromatic carbocycles. The first-order valence-corrected chi connectivity index (χ1v) is 4.18. The molecule has 0 aliphatic rings. The van der Waals surface area contributed by atoms with Gasteiger partial charge in [0.25, 0.3) is 0 Å². The Bertz CT molecular complexity index is 381. The van der Waals surface area contributed by atoms with Crippen molar-refractivity contribution in [1.82, 2.24) is 0 Å². The van der Waals surface area contributed by atoms with E-state index in [2.05, 4.69) is 0 Å². The summed E-state index contributed by atoms with van der Waals surface area (Å²) in [5.74, 6) is -1.12. The van der Waals surface area contributed by atoms with Crippen LogP contribution < -0.4 is 0 Å². The summed E-state index contributed by atoms with van der Waals surface area (Å²) >= 11 is -2.55. The maximum Gasteiger partial charge on any atom is 0.323 e. The van der Waals surface area contributed by atoms with Crippen molar-refractivity contribution in [2.75, 3.05) is 0 Å². The molecule has 0 amide bonds. The number of halogens is 1. The number of para-hydroxylation sites is 1. The smallest absolute Gasteiger partial charge is 0.302 e. The van der Waals surface area contributed by atoms with Crippen LogP contribution in [0.4, 0.5) is 10.1 Å². The second-order valence-corrected chi connectivity index (χ2v) is 3.03. The molecular formula is C6H4FNO4S. The minimum Gasteiger partial charge on any atom is -0.302 e. The van der Waals surface area contributed by atoms with Crippen molar-refractivity contribution in [2.45, 2.75) is 4.90 Å². The Balaban J connectivity index is 3.43. The molecule has 70 valence electrons. The molecule has 1 N–H and O–H groups in total. The first-order chi connectivity index (χ1) is 6.04. The lowest BCUT2D eigenvalue weighted by molar-refractivity contribution is -0.390. The largest absolute Gasteiger partial charge is 0.323 e. The van der Waals surface area contributed by atoms with Crippen LogP contribution in [0, 0.1) is 15.9 Å². The van der Waals surface area contributed by atoms with E-state index in [0.717, 1.165) is 18.2 Å². The third-order valence-electron chi connectivity index (χ3n) is 1.32. The highest BCUT2D eigenvalue weighted by Gasteiger charge is 2.22. The second-order valence-electron chi connectivity index (χ2n) is 2.09. The minimum absolute atomic E-state index is 0.537. The molecule has 0 radical (unpaired) electrons. The normalized spacial score (nSPS) is 12.5. The van der Waals surface area contributed by atoms with Crippen LogP contribution in [0.2, 0.25) is 0 Å². The summed E-state index contributed by atoms with van der Waals surface area (Å²) in [6.07, 6.45) is 0. The fourth-order valence-corrected chi connectivity index (χ4v) is 1.35. The summed E-state index contributed by atoms with van der Waals surface area (Å²) in [5.41, 5.74) is -0.955. The summed E-state index contributed by atoms with van der Waals surface area (Å²) in [7, 11) is 0. The fraction of sp³-hybridized carbons (Fsp3) is 0. The van der Waals surface area contributed by atoms with Gasteiger partial charge < -0.3 is 4.55 Å². The average molecular weight is 205 g/mol. The Hall–Kier alpha value is -1.34. The molecule has 0 fully saturated rings. The molecule has 0 spiro atoms. The van der Waals surface area contributed by atoms with Gasteiger partial charge in [0.05, 0.1) is 4.92 Å². The van der Waals surface area contributed by atoms with Crippen molar-refractivity contribution < 1.29 is 18.1 Å². The maximum atomic E-state index is 12.8. The molecule has 0 saturated carbocycles. The third kappa shape index (κ3) is 1.87. The number of hydrogen-bond donors (Lipinski definition) is 1. The molecule has 5 nitrogen and oxygen atoms in total. The molecular weight excluding hydrogens is 201 g/mol. The Kier molecular flexibility index (Phi) is 2.69. The van der Waals surface area contributed by atoms with Crippen LogP contribution in [0.15, 0.2) is 23.1 Å². The third-order valence-corrected chi connectivity index (χ3v) is 2.03. The molecule has 0 aliphatic heterocycles. The molecule has 0 aromatic heterocycles. The van der Waals surface area contributed by atoms with Gasteiger partial charge in [-0.3, -0.25) is 10.1 Å². The lowest BCUT2D eigenvalue weighted by atomic mass is 10.3. The highest BCUT2D eigenvalue weighted by Crippen LogP contribution is 2.24. The van der Waals surface area contributed by atoms with Gasteiger partial charge in [0.1, 0.15) is 4.90 Å². The van der Waals surface area contributed by atoms with Crippen LogP contribution in [-0.2, 0) is 11.1 Å².